The molecule has 0 N–H and O–H groups in total. The standard InChI is InChI=1S/C12H6Cl2FN5/c13-7-1-2-9(20-5-10(14)18-19-20)11(12(7)15)8-3-4-16-6-17-8/h1-6H. The Kier molecular flexibility index (Phi) is 3.33. The largest absolute Gasteiger partial charge is 0.245 e. The quantitative estimate of drug-likeness (QED) is 0.729. The summed E-state index contributed by atoms with van der Waals surface area (Å²) in [6, 6.07) is 4.64. The summed E-state index contributed by atoms with van der Waals surface area (Å²) in [7, 11) is 0. The molecule has 0 aliphatic rings. The van der Waals surface area contributed by atoms with Crippen molar-refractivity contribution in [1.82, 2.24) is 25.0 Å². The Bertz CT molecular complexity index is 760. The minimum atomic E-state index is -0.588. The second kappa shape index (κ2) is 5.15. The molecule has 0 radical (unpaired) electrons. The van der Waals surface area contributed by atoms with Crippen molar-refractivity contribution in [1.29, 1.82) is 0 Å². The minimum absolute atomic E-state index is 0.00595. The fourth-order valence-electron chi connectivity index (χ4n) is 1.77. The van der Waals surface area contributed by atoms with Crippen molar-refractivity contribution in [2.75, 3.05) is 0 Å². The summed E-state index contributed by atoms with van der Waals surface area (Å²) in [6.45, 7) is 0. The lowest BCUT2D eigenvalue weighted by atomic mass is 10.1. The van der Waals surface area contributed by atoms with Gasteiger partial charge in [0.2, 0.25) is 0 Å². The van der Waals surface area contributed by atoms with Gasteiger partial charge in [0, 0.05) is 6.20 Å². The van der Waals surface area contributed by atoms with Gasteiger partial charge in [-0.05, 0) is 18.2 Å². The van der Waals surface area contributed by atoms with Gasteiger partial charge in [-0.15, -0.1) is 5.10 Å². The number of aromatic nitrogens is 5. The molecule has 0 amide bonds. The Morgan fingerprint density at radius 2 is 2.00 bits per heavy atom. The lowest BCUT2D eigenvalue weighted by molar-refractivity contribution is 0.628. The van der Waals surface area contributed by atoms with Crippen molar-refractivity contribution < 1.29 is 4.39 Å². The fourth-order valence-corrected chi connectivity index (χ4v) is 2.06. The molecular formula is C12H6Cl2FN5. The highest BCUT2D eigenvalue weighted by atomic mass is 35.5. The van der Waals surface area contributed by atoms with Crippen molar-refractivity contribution in [3.63, 3.8) is 0 Å². The van der Waals surface area contributed by atoms with Gasteiger partial charge in [-0.25, -0.2) is 19.0 Å². The summed E-state index contributed by atoms with van der Waals surface area (Å²) in [5, 5.41) is 7.69. The van der Waals surface area contributed by atoms with Gasteiger partial charge in [0.1, 0.15) is 6.33 Å². The lowest BCUT2D eigenvalue weighted by Gasteiger charge is -2.10. The van der Waals surface area contributed by atoms with Crippen LogP contribution in [0.2, 0.25) is 10.2 Å². The smallest absolute Gasteiger partial charge is 0.171 e. The Morgan fingerprint density at radius 3 is 2.65 bits per heavy atom. The lowest BCUT2D eigenvalue weighted by Crippen LogP contribution is -2.02. The average molecular weight is 310 g/mol. The van der Waals surface area contributed by atoms with Crippen LogP contribution in [0.4, 0.5) is 4.39 Å². The molecule has 0 saturated heterocycles. The summed E-state index contributed by atoms with van der Waals surface area (Å²) in [5.41, 5.74) is 1.04. The molecule has 0 saturated carbocycles. The molecule has 3 aromatic rings. The maximum Gasteiger partial charge on any atom is 0.171 e. The van der Waals surface area contributed by atoms with E-state index in [0.717, 1.165) is 0 Å². The van der Waals surface area contributed by atoms with Crippen LogP contribution in [0.1, 0.15) is 0 Å². The van der Waals surface area contributed by atoms with Crippen LogP contribution in [0.25, 0.3) is 16.9 Å². The first-order chi connectivity index (χ1) is 9.66. The van der Waals surface area contributed by atoms with Gasteiger partial charge in [0.05, 0.1) is 28.2 Å². The summed E-state index contributed by atoms with van der Waals surface area (Å²) in [4.78, 5) is 7.85. The molecule has 100 valence electrons. The second-order valence-electron chi connectivity index (χ2n) is 3.84. The van der Waals surface area contributed by atoms with Gasteiger partial charge in [-0.2, -0.15) is 0 Å². The highest BCUT2D eigenvalue weighted by Gasteiger charge is 2.17. The number of hydrogen-bond acceptors (Lipinski definition) is 4. The number of rotatable bonds is 2. The van der Waals surface area contributed by atoms with E-state index >= 15 is 0 Å². The fraction of sp³-hybridized carbons (Fsp3) is 0. The van der Waals surface area contributed by atoms with Gasteiger partial charge in [-0.3, -0.25) is 0 Å². The van der Waals surface area contributed by atoms with Gasteiger partial charge >= 0.3 is 0 Å². The topological polar surface area (TPSA) is 56.5 Å². The van der Waals surface area contributed by atoms with Crippen LogP contribution in [-0.4, -0.2) is 25.0 Å². The molecule has 0 bridgehead atoms. The average Bonchev–Trinajstić information content (AvgIpc) is 2.89. The molecule has 3 rings (SSSR count). The number of benzene rings is 1. The SMILES string of the molecule is Fc1c(Cl)ccc(-n2cc(Cl)nn2)c1-c1ccncn1. The highest BCUT2D eigenvalue weighted by Crippen LogP contribution is 2.32. The molecule has 0 spiro atoms. The van der Waals surface area contributed by atoms with Crippen molar-refractivity contribution in [2.24, 2.45) is 0 Å². The molecule has 0 fully saturated rings. The Morgan fingerprint density at radius 1 is 1.15 bits per heavy atom. The van der Waals surface area contributed by atoms with E-state index in [2.05, 4.69) is 20.3 Å². The molecule has 1 aromatic carbocycles. The summed E-state index contributed by atoms with van der Waals surface area (Å²) < 4.78 is 15.7. The van der Waals surface area contributed by atoms with Crippen molar-refractivity contribution >= 4 is 23.2 Å². The molecule has 0 aliphatic heterocycles. The van der Waals surface area contributed by atoms with Crippen molar-refractivity contribution in [3.05, 3.63) is 52.9 Å². The molecular weight excluding hydrogens is 304 g/mol. The monoisotopic (exact) mass is 309 g/mol. The zero-order valence-electron chi connectivity index (χ0n) is 9.83. The number of hydrogen-bond donors (Lipinski definition) is 0. The second-order valence-corrected chi connectivity index (χ2v) is 4.63. The van der Waals surface area contributed by atoms with Crippen LogP contribution < -0.4 is 0 Å². The predicted molar refractivity (Wildman–Crippen MR) is 72.4 cm³/mol. The van der Waals surface area contributed by atoms with E-state index in [1.54, 1.807) is 12.1 Å². The summed E-state index contributed by atoms with van der Waals surface area (Å²) >= 11 is 11.6. The van der Waals surface area contributed by atoms with Crippen LogP contribution in [0.15, 0.2) is 36.9 Å². The first-order valence-electron chi connectivity index (χ1n) is 5.49. The zero-order chi connectivity index (χ0) is 14.1. The number of halogens is 3. The van der Waals surface area contributed by atoms with Gasteiger partial charge < -0.3 is 0 Å². The zero-order valence-corrected chi connectivity index (χ0v) is 11.3. The maximum absolute atomic E-state index is 14.4. The summed E-state index contributed by atoms with van der Waals surface area (Å²) in [6.07, 6.45) is 4.31. The molecule has 2 aromatic heterocycles. The van der Waals surface area contributed by atoms with E-state index in [1.165, 1.54) is 29.5 Å². The van der Waals surface area contributed by atoms with Gasteiger partial charge in [-0.1, -0.05) is 28.4 Å². The van der Waals surface area contributed by atoms with Crippen molar-refractivity contribution in [2.45, 2.75) is 0 Å². The van der Waals surface area contributed by atoms with E-state index in [0.29, 0.717) is 11.4 Å². The molecule has 0 atom stereocenters. The van der Waals surface area contributed by atoms with E-state index in [9.17, 15) is 4.39 Å². The van der Waals surface area contributed by atoms with Crippen molar-refractivity contribution in [3.8, 4) is 16.9 Å². The normalized spacial score (nSPS) is 10.8. The Hall–Kier alpha value is -2.05. The molecule has 5 nitrogen and oxygen atoms in total. The Labute approximate surface area is 123 Å². The van der Waals surface area contributed by atoms with E-state index < -0.39 is 5.82 Å². The van der Waals surface area contributed by atoms with E-state index in [-0.39, 0.29) is 15.7 Å². The first kappa shape index (κ1) is 13.0. The molecule has 20 heavy (non-hydrogen) atoms. The van der Waals surface area contributed by atoms with Gasteiger partial charge in [0.25, 0.3) is 0 Å². The molecule has 0 unspecified atom stereocenters. The third kappa shape index (κ3) is 2.23. The molecule has 8 heteroatoms. The Balaban J connectivity index is 2.28. The third-order valence-corrected chi connectivity index (χ3v) is 3.09. The minimum Gasteiger partial charge on any atom is -0.245 e. The van der Waals surface area contributed by atoms with Crippen LogP contribution in [0, 0.1) is 5.82 Å². The molecule has 0 aliphatic carbocycles. The van der Waals surface area contributed by atoms with E-state index in [1.807, 2.05) is 0 Å². The van der Waals surface area contributed by atoms with Crippen LogP contribution in [0.5, 0.6) is 0 Å². The van der Waals surface area contributed by atoms with E-state index in [4.69, 9.17) is 23.2 Å². The van der Waals surface area contributed by atoms with Gasteiger partial charge in [0.15, 0.2) is 11.0 Å². The number of nitrogens with zero attached hydrogens (tertiary/aromatic N) is 5. The highest BCUT2D eigenvalue weighted by molar-refractivity contribution is 6.31. The first-order valence-corrected chi connectivity index (χ1v) is 6.25. The van der Waals surface area contributed by atoms with Crippen LogP contribution >= 0.6 is 23.2 Å². The maximum atomic E-state index is 14.4. The summed E-state index contributed by atoms with van der Waals surface area (Å²) in [5.74, 6) is -0.588. The predicted octanol–water partition coefficient (Wildman–Crippen LogP) is 3.17. The molecule has 2 heterocycles. The van der Waals surface area contributed by atoms with Crippen LogP contribution in [-0.2, 0) is 0 Å². The van der Waals surface area contributed by atoms with Crippen LogP contribution in [0.3, 0.4) is 0 Å². The third-order valence-electron chi connectivity index (χ3n) is 2.62.